The van der Waals surface area contributed by atoms with Gasteiger partial charge in [-0.15, -0.1) is 0 Å². The molecule has 2 heteroatoms. The summed E-state index contributed by atoms with van der Waals surface area (Å²) < 4.78 is 3.24. The number of hydrogen-bond donors (Lipinski definition) is 1. The van der Waals surface area contributed by atoms with Gasteiger partial charge in [0.25, 0.3) is 0 Å². The van der Waals surface area contributed by atoms with E-state index in [4.69, 9.17) is 0 Å². The highest BCUT2D eigenvalue weighted by molar-refractivity contribution is 14.1. The third-order valence-corrected chi connectivity index (χ3v) is 3.39. The number of rotatable bonds is 2. The molecule has 1 nitrogen and oxygen atoms in total. The Bertz CT molecular complexity index is 434. The van der Waals surface area contributed by atoms with Crippen LogP contribution in [0.5, 0.6) is 0 Å². The summed E-state index contributed by atoms with van der Waals surface area (Å²) in [6.07, 6.45) is 0. The average molecular weight is 297 g/mol. The Morgan fingerprint density at radius 3 is 2.57 bits per heavy atom. The summed E-state index contributed by atoms with van der Waals surface area (Å²) in [4.78, 5) is 0. The van der Waals surface area contributed by atoms with Crippen molar-refractivity contribution in [1.82, 2.24) is 3.53 Å². The first-order valence-corrected chi connectivity index (χ1v) is 5.74. The minimum Gasteiger partial charge on any atom is -0.254 e. The fraction of sp³-hybridized carbons (Fsp3) is 0.167. The summed E-state index contributed by atoms with van der Waals surface area (Å²) in [7, 11) is 0. The molecule has 72 valence electrons. The van der Waals surface area contributed by atoms with E-state index in [1.54, 1.807) is 0 Å². The normalized spacial score (nSPS) is 13.0. The Hall–Kier alpha value is -0.610. The molecule has 0 heterocycles. The lowest BCUT2D eigenvalue weighted by atomic mass is 10.0. The van der Waals surface area contributed by atoms with Crippen molar-refractivity contribution in [2.75, 3.05) is 0 Å². The first-order chi connectivity index (χ1) is 6.83. The first-order valence-electron chi connectivity index (χ1n) is 4.67. The van der Waals surface area contributed by atoms with Crippen molar-refractivity contribution >= 4 is 33.6 Å². The van der Waals surface area contributed by atoms with Crippen molar-refractivity contribution in [3.05, 3.63) is 48.0 Å². The molecule has 0 fully saturated rings. The van der Waals surface area contributed by atoms with Crippen LogP contribution in [0.25, 0.3) is 10.8 Å². The largest absolute Gasteiger partial charge is 0.254 e. The van der Waals surface area contributed by atoms with Crippen LogP contribution in [-0.2, 0) is 0 Å². The molecule has 0 amide bonds. The van der Waals surface area contributed by atoms with Gasteiger partial charge in [0.2, 0.25) is 0 Å². The molecule has 2 rings (SSSR count). The van der Waals surface area contributed by atoms with Crippen molar-refractivity contribution in [3.8, 4) is 0 Å². The van der Waals surface area contributed by atoms with Gasteiger partial charge < -0.3 is 0 Å². The van der Waals surface area contributed by atoms with Gasteiger partial charge in [0, 0.05) is 28.9 Å². The highest BCUT2D eigenvalue weighted by atomic mass is 127. The Kier molecular flexibility index (Phi) is 3.03. The summed E-state index contributed by atoms with van der Waals surface area (Å²) in [5.74, 6) is 0. The van der Waals surface area contributed by atoms with Crippen LogP contribution >= 0.6 is 22.9 Å². The summed E-state index contributed by atoms with van der Waals surface area (Å²) in [6.45, 7) is 2.17. The van der Waals surface area contributed by atoms with Crippen LogP contribution in [0.3, 0.4) is 0 Å². The van der Waals surface area contributed by atoms with Crippen LogP contribution in [0, 0.1) is 0 Å². The second-order valence-electron chi connectivity index (χ2n) is 3.40. The van der Waals surface area contributed by atoms with Gasteiger partial charge in [0.15, 0.2) is 0 Å². The molecule has 0 bridgehead atoms. The molecule has 0 aliphatic rings. The summed E-state index contributed by atoms with van der Waals surface area (Å²) in [6, 6.07) is 15.3. The lowest BCUT2D eigenvalue weighted by Crippen LogP contribution is -2.05. The summed E-state index contributed by atoms with van der Waals surface area (Å²) >= 11 is 2.20. The maximum Gasteiger partial charge on any atom is 0.0391 e. The van der Waals surface area contributed by atoms with Gasteiger partial charge in [-0.25, -0.2) is 0 Å². The van der Waals surface area contributed by atoms with E-state index >= 15 is 0 Å². The Morgan fingerprint density at radius 2 is 1.79 bits per heavy atom. The minimum atomic E-state index is 0.390. The number of benzene rings is 2. The summed E-state index contributed by atoms with van der Waals surface area (Å²) in [5, 5.41) is 2.65. The van der Waals surface area contributed by atoms with Crippen LogP contribution in [0.15, 0.2) is 42.5 Å². The molecule has 0 saturated heterocycles. The monoisotopic (exact) mass is 297 g/mol. The molecule has 1 unspecified atom stereocenters. The van der Waals surface area contributed by atoms with Crippen LogP contribution in [0.2, 0.25) is 0 Å². The zero-order valence-corrected chi connectivity index (χ0v) is 10.2. The zero-order valence-electron chi connectivity index (χ0n) is 8.00. The quantitative estimate of drug-likeness (QED) is 0.656. The van der Waals surface area contributed by atoms with Crippen LogP contribution in [-0.4, -0.2) is 0 Å². The maximum absolute atomic E-state index is 3.24. The van der Waals surface area contributed by atoms with Gasteiger partial charge in [-0.3, -0.25) is 3.53 Å². The van der Waals surface area contributed by atoms with Gasteiger partial charge in [-0.1, -0.05) is 42.5 Å². The standard InChI is InChI=1S/C12H12IN/c1-9(14-13)11-8-4-6-10-5-2-3-7-12(10)11/h2-9,14H,1H3. The molecule has 1 atom stereocenters. The SMILES string of the molecule is CC(NI)c1cccc2ccccc12. The third kappa shape index (κ3) is 1.77. The number of fused-ring (bicyclic) bond motifs is 1. The maximum atomic E-state index is 3.24. The van der Waals surface area contributed by atoms with E-state index in [9.17, 15) is 0 Å². The van der Waals surface area contributed by atoms with E-state index < -0.39 is 0 Å². The van der Waals surface area contributed by atoms with Gasteiger partial charge in [0.05, 0.1) is 0 Å². The molecule has 1 N–H and O–H groups in total. The van der Waals surface area contributed by atoms with Gasteiger partial charge >= 0.3 is 0 Å². The Labute approximate surface area is 98.0 Å². The number of hydrogen-bond acceptors (Lipinski definition) is 1. The Morgan fingerprint density at radius 1 is 1.07 bits per heavy atom. The van der Waals surface area contributed by atoms with Crippen molar-refractivity contribution in [1.29, 1.82) is 0 Å². The highest BCUT2D eigenvalue weighted by Crippen LogP contribution is 2.24. The van der Waals surface area contributed by atoms with Gasteiger partial charge in [-0.2, -0.15) is 0 Å². The van der Waals surface area contributed by atoms with Crippen molar-refractivity contribution in [2.45, 2.75) is 13.0 Å². The molecule has 0 saturated carbocycles. The topological polar surface area (TPSA) is 12.0 Å². The lowest BCUT2D eigenvalue weighted by Gasteiger charge is -2.12. The predicted molar refractivity (Wildman–Crippen MR) is 69.5 cm³/mol. The van der Waals surface area contributed by atoms with E-state index in [1.165, 1.54) is 16.3 Å². The molecule has 14 heavy (non-hydrogen) atoms. The van der Waals surface area contributed by atoms with Crippen LogP contribution in [0.1, 0.15) is 18.5 Å². The van der Waals surface area contributed by atoms with Crippen LogP contribution in [0.4, 0.5) is 0 Å². The third-order valence-electron chi connectivity index (χ3n) is 2.45. The zero-order chi connectivity index (χ0) is 9.97. The molecular formula is C12H12IN. The minimum absolute atomic E-state index is 0.390. The molecule has 2 aromatic carbocycles. The van der Waals surface area contributed by atoms with E-state index in [1.807, 2.05) is 0 Å². The van der Waals surface area contributed by atoms with Crippen LogP contribution < -0.4 is 3.53 Å². The first kappa shape index (κ1) is 9.93. The fourth-order valence-electron chi connectivity index (χ4n) is 1.69. The second-order valence-corrected chi connectivity index (χ2v) is 4.02. The van der Waals surface area contributed by atoms with E-state index in [2.05, 4.69) is 75.8 Å². The van der Waals surface area contributed by atoms with E-state index in [0.29, 0.717) is 6.04 Å². The molecule has 0 spiro atoms. The van der Waals surface area contributed by atoms with Gasteiger partial charge in [0.1, 0.15) is 0 Å². The smallest absolute Gasteiger partial charge is 0.0391 e. The molecular weight excluding hydrogens is 285 g/mol. The van der Waals surface area contributed by atoms with Crippen molar-refractivity contribution < 1.29 is 0 Å². The molecule has 0 aliphatic heterocycles. The predicted octanol–water partition coefficient (Wildman–Crippen LogP) is 3.84. The number of halogens is 1. The molecule has 0 radical (unpaired) electrons. The van der Waals surface area contributed by atoms with Gasteiger partial charge in [-0.05, 0) is 23.3 Å². The molecule has 0 aliphatic carbocycles. The fourth-order valence-corrected chi connectivity index (χ4v) is 2.02. The van der Waals surface area contributed by atoms with Crippen molar-refractivity contribution in [2.24, 2.45) is 0 Å². The number of nitrogens with one attached hydrogen (secondary N) is 1. The molecule has 2 aromatic rings. The lowest BCUT2D eigenvalue weighted by molar-refractivity contribution is 0.786. The van der Waals surface area contributed by atoms with E-state index in [0.717, 1.165) is 0 Å². The highest BCUT2D eigenvalue weighted by Gasteiger charge is 2.06. The van der Waals surface area contributed by atoms with E-state index in [-0.39, 0.29) is 0 Å². The Balaban J connectivity index is 2.65. The average Bonchev–Trinajstić information content (AvgIpc) is 2.27. The summed E-state index contributed by atoms with van der Waals surface area (Å²) in [5.41, 5.74) is 1.36. The molecule has 0 aromatic heterocycles. The van der Waals surface area contributed by atoms with Crippen molar-refractivity contribution in [3.63, 3.8) is 0 Å². The second kappa shape index (κ2) is 4.28.